The Morgan fingerprint density at radius 2 is 1.36 bits per heavy atom. The first-order valence-corrected chi connectivity index (χ1v) is 7.46. The van der Waals surface area contributed by atoms with E-state index >= 15 is 0 Å². The van der Waals surface area contributed by atoms with Gasteiger partial charge in [0.1, 0.15) is 42.7 Å². The van der Waals surface area contributed by atoms with Gasteiger partial charge in [-0.3, -0.25) is 0 Å². The van der Waals surface area contributed by atoms with E-state index in [9.17, 15) is 35.4 Å². The summed E-state index contributed by atoms with van der Waals surface area (Å²) in [5.41, 5.74) is 0. The predicted octanol–water partition coefficient (Wildman–Crippen LogP) is -5.22. The number of carbonyl (C=O) groups excluding carboxylic acids is 1. The fraction of sp³-hybridized carbons (Fsp3) is 0.923. The van der Waals surface area contributed by atoms with Gasteiger partial charge in [-0.15, -0.1) is 0 Å². The Morgan fingerprint density at radius 3 is 1.88 bits per heavy atom. The van der Waals surface area contributed by atoms with Gasteiger partial charge in [0.05, 0.1) is 13.7 Å². The van der Waals surface area contributed by atoms with Gasteiger partial charge >= 0.3 is 5.97 Å². The molecule has 0 aromatic carbocycles. The van der Waals surface area contributed by atoms with Gasteiger partial charge in [0, 0.05) is 0 Å². The van der Waals surface area contributed by atoms with Crippen LogP contribution < -0.4 is 0 Å². The number of aliphatic hydroxyl groups is 7. The Balaban J connectivity index is 2.12. The van der Waals surface area contributed by atoms with E-state index in [0.717, 1.165) is 7.11 Å². The monoisotopic (exact) mass is 370 g/mol. The predicted molar refractivity (Wildman–Crippen MR) is 73.5 cm³/mol. The molecule has 7 N–H and O–H groups in total. The van der Waals surface area contributed by atoms with Gasteiger partial charge in [-0.05, 0) is 0 Å². The maximum absolute atomic E-state index is 11.6. The summed E-state index contributed by atoms with van der Waals surface area (Å²) in [5.74, 6) is -1.04. The molecule has 0 aromatic rings. The van der Waals surface area contributed by atoms with Crippen LogP contribution in [0.5, 0.6) is 0 Å². The number of hydrogen-bond donors (Lipinski definition) is 7. The highest BCUT2D eigenvalue weighted by Crippen LogP contribution is 2.28. The Bertz CT molecular complexity index is 458. The Kier molecular flexibility index (Phi) is 6.67. The molecule has 2 fully saturated rings. The fourth-order valence-electron chi connectivity index (χ4n) is 2.58. The van der Waals surface area contributed by atoms with Gasteiger partial charge in [-0.25, -0.2) is 4.79 Å². The maximum Gasteiger partial charge on any atom is 0.337 e. The molecule has 0 aliphatic carbocycles. The summed E-state index contributed by atoms with van der Waals surface area (Å²) in [6.45, 7) is -0.703. The Hall–Kier alpha value is -0.930. The molecule has 0 amide bonds. The van der Waals surface area contributed by atoms with E-state index < -0.39 is 74.0 Å². The minimum atomic E-state index is -1.84. The summed E-state index contributed by atoms with van der Waals surface area (Å²) < 4.78 is 19.7. The number of esters is 1. The first kappa shape index (κ1) is 20.4. The maximum atomic E-state index is 11.6. The number of aliphatic hydroxyl groups excluding tert-OH is 7. The van der Waals surface area contributed by atoms with Crippen molar-refractivity contribution in [3.8, 4) is 0 Å². The normalized spacial score (nSPS) is 48.2. The number of ether oxygens (including phenoxy) is 4. The minimum Gasteiger partial charge on any atom is -0.467 e. The highest BCUT2D eigenvalue weighted by Gasteiger charge is 2.51. The molecule has 12 heteroatoms. The van der Waals surface area contributed by atoms with Crippen molar-refractivity contribution in [3.63, 3.8) is 0 Å². The molecule has 0 radical (unpaired) electrons. The molecule has 25 heavy (non-hydrogen) atoms. The van der Waals surface area contributed by atoms with E-state index in [-0.39, 0.29) is 0 Å². The van der Waals surface area contributed by atoms with Crippen molar-refractivity contribution in [2.45, 2.75) is 61.4 Å². The summed E-state index contributed by atoms with van der Waals surface area (Å²) in [4.78, 5) is 11.6. The van der Waals surface area contributed by atoms with Gasteiger partial charge in [0.25, 0.3) is 0 Å². The van der Waals surface area contributed by atoms with E-state index in [4.69, 9.17) is 19.3 Å². The third-order valence-electron chi connectivity index (χ3n) is 4.12. The van der Waals surface area contributed by atoms with Crippen LogP contribution in [-0.2, 0) is 23.7 Å². The SMILES string of the molecule is COC(=O)[C@H]1O[C@@H](O[C@@H]2O[C@H](CO)[C@@H](O)[C@H](O)[C@H]2O)[C@H](O)[C@@H](O)[C@@H]1O. The first-order valence-electron chi connectivity index (χ1n) is 7.46. The number of hydrogen-bond acceptors (Lipinski definition) is 12. The highest BCUT2D eigenvalue weighted by molar-refractivity contribution is 5.75. The molecule has 2 rings (SSSR count). The van der Waals surface area contributed by atoms with Crippen LogP contribution in [0.15, 0.2) is 0 Å². The summed E-state index contributed by atoms with van der Waals surface area (Å²) in [6.07, 6.45) is -17.0. The van der Waals surface area contributed by atoms with Crippen LogP contribution in [0, 0.1) is 0 Å². The molecule has 2 saturated heterocycles. The van der Waals surface area contributed by atoms with Crippen molar-refractivity contribution >= 4 is 5.97 Å². The zero-order chi connectivity index (χ0) is 18.9. The second kappa shape index (κ2) is 8.18. The van der Waals surface area contributed by atoms with Gasteiger partial charge in [0.2, 0.25) is 0 Å². The standard InChI is InChI=1S/C13H22O12/c1-22-11(21)10-7(18)6(17)9(20)13(24-10)25-12-8(19)5(16)4(15)3(2-14)23-12/h3-10,12-20H,2H2,1H3/t3-,4-,5+,6+,7+,8-,9-,10+,12+,13+/m1/s1. The molecule has 0 aromatic heterocycles. The molecule has 12 nitrogen and oxygen atoms in total. The molecule has 10 atom stereocenters. The zero-order valence-corrected chi connectivity index (χ0v) is 13.2. The van der Waals surface area contributed by atoms with Crippen LogP contribution in [0.4, 0.5) is 0 Å². The molecule has 0 spiro atoms. The summed E-state index contributed by atoms with van der Waals surface area (Å²) in [7, 11) is 1.02. The van der Waals surface area contributed by atoms with Crippen LogP contribution >= 0.6 is 0 Å². The first-order chi connectivity index (χ1) is 11.7. The van der Waals surface area contributed by atoms with Crippen LogP contribution in [0.1, 0.15) is 0 Å². The third kappa shape index (κ3) is 3.93. The Labute approximate surface area is 141 Å². The smallest absolute Gasteiger partial charge is 0.337 e. The van der Waals surface area contributed by atoms with Crippen molar-refractivity contribution in [1.29, 1.82) is 0 Å². The molecule has 0 bridgehead atoms. The largest absolute Gasteiger partial charge is 0.467 e. The highest BCUT2D eigenvalue weighted by atomic mass is 16.8. The van der Waals surface area contributed by atoms with Crippen molar-refractivity contribution in [1.82, 2.24) is 0 Å². The summed E-state index contributed by atoms with van der Waals surface area (Å²) in [6, 6.07) is 0. The Morgan fingerprint density at radius 1 is 0.840 bits per heavy atom. The lowest BCUT2D eigenvalue weighted by Gasteiger charge is -2.44. The van der Waals surface area contributed by atoms with Gasteiger partial charge in [-0.1, -0.05) is 0 Å². The summed E-state index contributed by atoms with van der Waals surface area (Å²) >= 11 is 0. The number of carbonyl (C=O) groups is 1. The molecule has 0 unspecified atom stereocenters. The van der Waals surface area contributed by atoms with Crippen molar-refractivity contribution < 1.29 is 59.5 Å². The van der Waals surface area contributed by atoms with Crippen LogP contribution in [-0.4, -0.2) is 117 Å². The zero-order valence-electron chi connectivity index (χ0n) is 13.2. The van der Waals surface area contributed by atoms with E-state index in [2.05, 4.69) is 4.74 Å². The third-order valence-corrected chi connectivity index (χ3v) is 4.12. The lowest BCUT2D eigenvalue weighted by molar-refractivity contribution is -0.372. The number of rotatable bonds is 4. The lowest BCUT2D eigenvalue weighted by atomic mass is 9.98. The van der Waals surface area contributed by atoms with Crippen LogP contribution in [0.3, 0.4) is 0 Å². The quantitative estimate of drug-likeness (QED) is 0.233. The fourth-order valence-corrected chi connectivity index (χ4v) is 2.58. The minimum absolute atomic E-state index is 0.703. The van der Waals surface area contributed by atoms with Crippen molar-refractivity contribution in [2.75, 3.05) is 13.7 Å². The van der Waals surface area contributed by atoms with E-state index in [0.29, 0.717) is 0 Å². The topological polar surface area (TPSA) is 196 Å². The number of methoxy groups -OCH3 is 1. The van der Waals surface area contributed by atoms with Crippen LogP contribution in [0.2, 0.25) is 0 Å². The molecule has 2 aliphatic heterocycles. The summed E-state index contributed by atoms with van der Waals surface area (Å²) in [5, 5.41) is 67.9. The van der Waals surface area contributed by atoms with Crippen molar-refractivity contribution in [2.24, 2.45) is 0 Å². The van der Waals surface area contributed by atoms with E-state index in [1.165, 1.54) is 0 Å². The van der Waals surface area contributed by atoms with Crippen LogP contribution in [0.25, 0.3) is 0 Å². The average Bonchev–Trinajstić information content (AvgIpc) is 2.61. The molecule has 146 valence electrons. The second-order valence-corrected chi connectivity index (χ2v) is 5.75. The van der Waals surface area contributed by atoms with Gasteiger partial charge in [0.15, 0.2) is 18.7 Å². The van der Waals surface area contributed by atoms with Gasteiger partial charge < -0.3 is 54.7 Å². The molecule has 0 saturated carbocycles. The second-order valence-electron chi connectivity index (χ2n) is 5.75. The lowest BCUT2D eigenvalue weighted by Crippen LogP contribution is -2.64. The molecular weight excluding hydrogens is 348 g/mol. The average molecular weight is 370 g/mol. The molecular formula is C13H22O12. The van der Waals surface area contributed by atoms with E-state index in [1.54, 1.807) is 0 Å². The molecule has 2 aliphatic rings. The van der Waals surface area contributed by atoms with Gasteiger partial charge in [-0.2, -0.15) is 0 Å². The molecule has 2 heterocycles. The van der Waals surface area contributed by atoms with E-state index in [1.807, 2.05) is 0 Å². The van der Waals surface area contributed by atoms with Crippen molar-refractivity contribution in [3.05, 3.63) is 0 Å².